The molecule has 0 N–H and O–H groups in total. The van der Waals surface area contributed by atoms with Crippen LogP contribution < -0.4 is 0 Å². The molecular weight excluding hydrogens is 378 g/mol. The maximum atomic E-state index is 12.6. The van der Waals surface area contributed by atoms with Crippen molar-refractivity contribution in [3.63, 3.8) is 0 Å². The summed E-state index contributed by atoms with van der Waals surface area (Å²) in [6.07, 6.45) is -2.18. The first-order valence-corrected chi connectivity index (χ1v) is 4.44. The van der Waals surface area contributed by atoms with E-state index in [1.807, 2.05) is 0 Å². The molecular formula is C4H4F4I2. The van der Waals surface area contributed by atoms with Crippen LogP contribution in [0.2, 0.25) is 0 Å². The molecule has 62 valence electrons. The third-order valence-corrected chi connectivity index (χ3v) is 4.23. The first kappa shape index (κ1) is 11.2. The number of halogens is 6. The van der Waals surface area contributed by atoms with Crippen molar-refractivity contribution < 1.29 is 17.6 Å². The number of hydrogen-bond acceptors (Lipinski definition) is 0. The minimum absolute atomic E-state index is 0.579. The summed E-state index contributed by atoms with van der Waals surface area (Å²) in [5.41, 5.74) is 0. The smallest absolute Gasteiger partial charge is 0.243 e. The second kappa shape index (κ2) is 3.28. The van der Waals surface area contributed by atoms with Crippen LogP contribution in [0, 0.1) is 0 Å². The highest BCUT2D eigenvalue weighted by atomic mass is 127. The molecule has 0 nitrogen and oxygen atoms in total. The van der Waals surface area contributed by atoms with Crippen molar-refractivity contribution in [2.75, 3.05) is 0 Å². The Balaban J connectivity index is 4.40. The van der Waals surface area contributed by atoms with Crippen LogP contribution in [0.1, 0.15) is 6.92 Å². The molecule has 0 aliphatic heterocycles. The largest absolute Gasteiger partial charge is 0.341 e. The summed E-state index contributed by atoms with van der Waals surface area (Å²) in [4.78, 5) is 0. The van der Waals surface area contributed by atoms with Crippen LogP contribution in [0.25, 0.3) is 0 Å². The Hall–Kier alpha value is 1.18. The van der Waals surface area contributed by atoms with Gasteiger partial charge in [0.15, 0.2) is 0 Å². The number of alkyl halides is 6. The molecule has 0 aliphatic rings. The lowest BCUT2D eigenvalue weighted by molar-refractivity contribution is -0.0173. The van der Waals surface area contributed by atoms with E-state index >= 15 is 0 Å². The van der Waals surface area contributed by atoms with Gasteiger partial charge in [-0.05, 0) is 29.5 Å². The summed E-state index contributed by atoms with van der Waals surface area (Å²) >= 11 is 1.35. The van der Waals surface area contributed by atoms with Crippen molar-refractivity contribution in [3.05, 3.63) is 0 Å². The molecule has 0 aromatic heterocycles. The first-order valence-electron chi connectivity index (χ1n) is 2.28. The molecule has 10 heavy (non-hydrogen) atoms. The molecule has 2 atom stereocenters. The first-order chi connectivity index (χ1) is 4.19. The molecule has 0 saturated carbocycles. The minimum Gasteiger partial charge on any atom is -0.243 e. The zero-order valence-electron chi connectivity index (χ0n) is 4.85. The molecule has 2 unspecified atom stereocenters. The predicted octanol–water partition coefficient (Wildman–Crippen LogP) is 3.47. The molecule has 0 saturated heterocycles. The van der Waals surface area contributed by atoms with Gasteiger partial charge in [0.05, 0.1) is 0 Å². The Morgan fingerprint density at radius 2 is 1.50 bits per heavy atom. The van der Waals surface area contributed by atoms with Crippen LogP contribution in [-0.4, -0.2) is 13.8 Å². The van der Waals surface area contributed by atoms with E-state index in [2.05, 4.69) is 0 Å². The third-order valence-electron chi connectivity index (χ3n) is 0.878. The lowest BCUT2D eigenvalue weighted by Gasteiger charge is -2.24. The highest BCUT2D eigenvalue weighted by molar-refractivity contribution is 14.1. The van der Waals surface area contributed by atoms with E-state index < -0.39 is 13.8 Å². The van der Waals surface area contributed by atoms with Crippen molar-refractivity contribution >= 4 is 45.2 Å². The van der Waals surface area contributed by atoms with Crippen LogP contribution in [-0.2, 0) is 0 Å². The Morgan fingerprint density at radius 3 is 1.50 bits per heavy atom. The van der Waals surface area contributed by atoms with Crippen LogP contribution >= 0.6 is 45.2 Å². The van der Waals surface area contributed by atoms with Gasteiger partial charge in [0.2, 0.25) is 0 Å². The molecule has 0 aliphatic carbocycles. The molecule has 0 aromatic carbocycles. The fourth-order valence-corrected chi connectivity index (χ4v) is 0.655. The van der Waals surface area contributed by atoms with Crippen LogP contribution in [0.15, 0.2) is 0 Å². The van der Waals surface area contributed by atoms with E-state index in [0.29, 0.717) is 22.6 Å². The van der Waals surface area contributed by atoms with Gasteiger partial charge in [-0.1, -0.05) is 0 Å². The summed E-state index contributed by atoms with van der Waals surface area (Å²) in [7, 11) is 0. The molecule has 0 bridgehead atoms. The molecule has 0 aromatic rings. The summed E-state index contributed by atoms with van der Waals surface area (Å²) < 4.78 is 42.1. The lowest BCUT2D eigenvalue weighted by atomic mass is 10.3. The quantitative estimate of drug-likeness (QED) is 0.390. The van der Waals surface area contributed by atoms with Crippen molar-refractivity contribution in [1.82, 2.24) is 0 Å². The third kappa shape index (κ3) is 2.35. The van der Waals surface area contributed by atoms with E-state index in [-0.39, 0.29) is 0 Å². The normalized spacial score (nSPS) is 21.9. The van der Waals surface area contributed by atoms with Crippen molar-refractivity contribution in [3.8, 4) is 0 Å². The van der Waals surface area contributed by atoms with E-state index in [1.54, 1.807) is 0 Å². The summed E-state index contributed by atoms with van der Waals surface area (Å²) in [5.74, 6) is 0. The molecule has 0 heterocycles. The van der Waals surface area contributed by atoms with E-state index in [0.717, 1.165) is 29.5 Å². The highest BCUT2D eigenvalue weighted by Gasteiger charge is 2.55. The predicted molar refractivity (Wildman–Crippen MR) is 47.4 cm³/mol. The molecule has 0 fully saturated rings. The molecule has 0 radical (unpaired) electrons. The monoisotopic (exact) mass is 382 g/mol. The van der Waals surface area contributed by atoms with E-state index in [1.165, 1.54) is 0 Å². The summed E-state index contributed by atoms with van der Waals surface area (Å²) in [5, 5.41) is 0. The standard InChI is InChI=1S/C4H4F4I2/c1-2(5)3(6,9)4(7,8)10/h2H,1H3. The average Bonchev–Trinajstić information content (AvgIpc) is 1.62. The molecule has 6 heteroatoms. The van der Waals surface area contributed by atoms with Gasteiger partial charge < -0.3 is 0 Å². The fourth-order valence-electron chi connectivity index (χ4n) is 0.226. The zero-order chi connectivity index (χ0) is 8.58. The lowest BCUT2D eigenvalue weighted by Crippen LogP contribution is -2.40. The molecule has 0 spiro atoms. The highest BCUT2D eigenvalue weighted by Crippen LogP contribution is 2.46. The van der Waals surface area contributed by atoms with Crippen molar-refractivity contribution in [1.29, 1.82) is 0 Å². The second-order valence-electron chi connectivity index (χ2n) is 1.74. The summed E-state index contributed by atoms with van der Waals surface area (Å²) in [6.45, 7) is 0.763. The van der Waals surface area contributed by atoms with Gasteiger partial charge in [0, 0.05) is 22.6 Å². The fraction of sp³-hybridized carbons (Fsp3) is 1.00. The zero-order valence-corrected chi connectivity index (χ0v) is 9.16. The summed E-state index contributed by atoms with van der Waals surface area (Å²) in [6, 6.07) is 0. The van der Waals surface area contributed by atoms with Crippen molar-refractivity contribution in [2.45, 2.75) is 20.7 Å². The Bertz CT molecular complexity index is 117. The van der Waals surface area contributed by atoms with Gasteiger partial charge in [-0.25, -0.2) is 8.78 Å². The van der Waals surface area contributed by atoms with Gasteiger partial charge in [-0.15, -0.1) is 0 Å². The van der Waals surface area contributed by atoms with E-state index in [9.17, 15) is 17.6 Å². The molecule has 0 rings (SSSR count). The average molecular weight is 382 g/mol. The SMILES string of the molecule is CC(F)C(F)(I)C(F)(F)I. The topological polar surface area (TPSA) is 0 Å². The number of hydrogen-bond donors (Lipinski definition) is 0. The van der Waals surface area contributed by atoms with Crippen molar-refractivity contribution in [2.24, 2.45) is 0 Å². The van der Waals surface area contributed by atoms with Gasteiger partial charge >= 0.3 is 3.93 Å². The van der Waals surface area contributed by atoms with Crippen LogP contribution in [0.4, 0.5) is 17.6 Å². The molecule has 0 amide bonds. The Labute approximate surface area is 83.0 Å². The van der Waals surface area contributed by atoms with Crippen LogP contribution in [0.3, 0.4) is 0 Å². The number of rotatable bonds is 2. The second-order valence-corrected chi connectivity index (χ2v) is 4.66. The van der Waals surface area contributed by atoms with Gasteiger partial charge in [-0.2, -0.15) is 8.78 Å². The van der Waals surface area contributed by atoms with E-state index in [4.69, 9.17) is 0 Å². The van der Waals surface area contributed by atoms with Gasteiger partial charge in [0.25, 0.3) is 3.68 Å². The van der Waals surface area contributed by atoms with Gasteiger partial charge in [0.1, 0.15) is 6.17 Å². The van der Waals surface area contributed by atoms with Crippen LogP contribution in [0.5, 0.6) is 0 Å². The maximum absolute atomic E-state index is 12.6. The van der Waals surface area contributed by atoms with Gasteiger partial charge in [-0.3, -0.25) is 0 Å². The Morgan fingerprint density at radius 1 is 1.20 bits per heavy atom. The minimum atomic E-state index is -3.67. The Kier molecular flexibility index (Phi) is 3.66. The maximum Gasteiger partial charge on any atom is 0.341 e.